The summed E-state index contributed by atoms with van der Waals surface area (Å²) in [5.41, 5.74) is 5.24. The van der Waals surface area contributed by atoms with Crippen LogP contribution >= 0.6 is 0 Å². The maximum atomic E-state index is 5.00. The topological polar surface area (TPSA) is 29.9 Å². The van der Waals surface area contributed by atoms with Crippen molar-refractivity contribution in [3.05, 3.63) is 29.1 Å². The molecule has 0 radical (unpaired) electrons. The molecule has 1 aliphatic rings. The van der Waals surface area contributed by atoms with E-state index in [0.717, 1.165) is 31.1 Å². The molecule has 3 heteroatoms. The largest absolute Gasteiger partial charge is 0.327 e. The Morgan fingerprint density at radius 2 is 1.77 bits per heavy atom. The summed E-state index contributed by atoms with van der Waals surface area (Å²) in [4.78, 5) is 5.00. The van der Waals surface area contributed by atoms with Gasteiger partial charge in [-0.05, 0) is 69.0 Å². The van der Waals surface area contributed by atoms with E-state index >= 15 is 0 Å². The average Bonchev–Trinajstić information content (AvgIpc) is 2.79. The minimum Gasteiger partial charge on any atom is -0.327 e. The van der Waals surface area contributed by atoms with E-state index < -0.39 is 0 Å². The zero-order valence-corrected chi connectivity index (χ0v) is 14.7. The predicted molar refractivity (Wildman–Crippen MR) is 93.5 cm³/mol. The SMILES string of the molecule is Cc1cc2nc(C(C)(C)C)n(CC3CCNCC3)c2cc1C. The lowest BCUT2D eigenvalue weighted by Crippen LogP contribution is -2.31. The van der Waals surface area contributed by atoms with Crippen molar-refractivity contribution in [2.24, 2.45) is 5.92 Å². The van der Waals surface area contributed by atoms with Crippen LogP contribution < -0.4 is 5.32 Å². The first-order chi connectivity index (χ1) is 10.4. The summed E-state index contributed by atoms with van der Waals surface area (Å²) in [7, 11) is 0. The normalized spacial score (nSPS) is 17.3. The van der Waals surface area contributed by atoms with E-state index in [0.29, 0.717) is 0 Å². The van der Waals surface area contributed by atoms with E-state index in [1.165, 1.54) is 35.3 Å². The Balaban J connectivity index is 2.09. The summed E-state index contributed by atoms with van der Waals surface area (Å²) in [6.45, 7) is 14.6. The van der Waals surface area contributed by atoms with Crippen LogP contribution in [0.5, 0.6) is 0 Å². The number of piperidine rings is 1. The van der Waals surface area contributed by atoms with Crippen LogP contribution in [0.15, 0.2) is 12.1 Å². The van der Waals surface area contributed by atoms with Crippen LogP contribution in [0.4, 0.5) is 0 Å². The maximum absolute atomic E-state index is 5.00. The van der Waals surface area contributed by atoms with E-state index in [-0.39, 0.29) is 5.41 Å². The molecule has 1 aromatic carbocycles. The smallest absolute Gasteiger partial charge is 0.115 e. The van der Waals surface area contributed by atoms with Gasteiger partial charge in [0.05, 0.1) is 11.0 Å². The van der Waals surface area contributed by atoms with Crippen LogP contribution in [0.25, 0.3) is 11.0 Å². The zero-order chi connectivity index (χ0) is 15.9. The van der Waals surface area contributed by atoms with Crippen LogP contribution in [0.2, 0.25) is 0 Å². The molecule has 120 valence electrons. The third-order valence-corrected chi connectivity index (χ3v) is 4.93. The molecule has 1 N–H and O–H groups in total. The van der Waals surface area contributed by atoms with Gasteiger partial charge >= 0.3 is 0 Å². The van der Waals surface area contributed by atoms with Gasteiger partial charge in [0.2, 0.25) is 0 Å². The van der Waals surface area contributed by atoms with Crippen molar-refractivity contribution in [2.45, 2.75) is 59.4 Å². The fourth-order valence-corrected chi connectivity index (χ4v) is 3.46. The van der Waals surface area contributed by atoms with Crippen LogP contribution in [-0.4, -0.2) is 22.6 Å². The zero-order valence-electron chi connectivity index (χ0n) is 14.7. The summed E-state index contributed by atoms with van der Waals surface area (Å²) in [5.74, 6) is 1.99. The molecule has 0 spiro atoms. The van der Waals surface area contributed by atoms with Crippen molar-refractivity contribution in [1.82, 2.24) is 14.9 Å². The van der Waals surface area contributed by atoms with E-state index in [9.17, 15) is 0 Å². The molecular weight excluding hydrogens is 270 g/mol. The van der Waals surface area contributed by atoms with Gasteiger partial charge < -0.3 is 9.88 Å². The van der Waals surface area contributed by atoms with Gasteiger partial charge in [0.1, 0.15) is 5.82 Å². The molecule has 3 rings (SSSR count). The Kier molecular flexibility index (Phi) is 4.02. The van der Waals surface area contributed by atoms with Gasteiger partial charge in [0, 0.05) is 12.0 Å². The van der Waals surface area contributed by atoms with E-state index in [2.05, 4.69) is 56.6 Å². The van der Waals surface area contributed by atoms with Crippen LogP contribution in [0, 0.1) is 19.8 Å². The number of rotatable bonds is 2. The number of benzene rings is 1. The van der Waals surface area contributed by atoms with E-state index in [1.807, 2.05) is 0 Å². The molecular formula is C19H29N3. The van der Waals surface area contributed by atoms with Crippen molar-refractivity contribution in [1.29, 1.82) is 0 Å². The Hall–Kier alpha value is -1.35. The first-order valence-corrected chi connectivity index (χ1v) is 8.55. The molecule has 0 saturated carbocycles. The Labute approximate surface area is 134 Å². The first kappa shape index (κ1) is 15.5. The highest BCUT2D eigenvalue weighted by atomic mass is 15.1. The molecule has 2 aromatic rings. The quantitative estimate of drug-likeness (QED) is 0.910. The highest BCUT2D eigenvalue weighted by Gasteiger charge is 2.25. The van der Waals surface area contributed by atoms with Crippen molar-refractivity contribution < 1.29 is 0 Å². The first-order valence-electron chi connectivity index (χ1n) is 8.55. The highest BCUT2D eigenvalue weighted by Crippen LogP contribution is 2.30. The second-order valence-electron chi connectivity index (χ2n) is 7.91. The molecule has 1 fully saturated rings. The molecule has 0 unspecified atom stereocenters. The van der Waals surface area contributed by atoms with Gasteiger partial charge in [-0.25, -0.2) is 4.98 Å². The number of hydrogen-bond donors (Lipinski definition) is 1. The molecule has 2 heterocycles. The number of hydrogen-bond acceptors (Lipinski definition) is 2. The molecule has 0 bridgehead atoms. The molecule has 22 heavy (non-hydrogen) atoms. The molecule has 0 aliphatic carbocycles. The molecule has 0 atom stereocenters. The molecule has 1 aromatic heterocycles. The van der Waals surface area contributed by atoms with Gasteiger partial charge in [-0.1, -0.05) is 20.8 Å². The second kappa shape index (κ2) is 5.69. The molecule has 1 saturated heterocycles. The monoisotopic (exact) mass is 299 g/mol. The Morgan fingerprint density at radius 3 is 2.41 bits per heavy atom. The van der Waals surface area contributed by atoms with E-state index in [1.54, 1.807) is 0 Å². The number of aryl methyl sites for hydroxylation is 2. The van der Waals surface area contributed by atoms with Gasteiger partial charge in [-0.2, -0.15) is 0 Å². The lowest BCUT2D eigenvalue weighted by Gasteiger charge is -2.26. The van der Waals surface area contributed by atoms with Crippen LogP contribution in [0.1, 0.15) is 50.6 Å². The average molecular weight is 299 g/mol. The lowest BCUT2D eigenvalue weighted by molar-refractivity contribution is 0.326. The van der Waals surface area contributed by atoms with Gasteiger partial charge in [-0.3, -0.25) is 0 Å². The number of nitrogens with one attached hydrogen (secondary N) is 1. The number of aromatic nitrogens is 2. The van der Waals surface area contributed by atoms with Crippen molar-refractivity contribution in [3.63, 3.8) is 0 Å². The number of nitrogens with zero attached hydrogens (tertiary/aromatic N) is 2. The van der Waals surface area contributed by atoms with Crippen molar-refractivity contribution in [3.8, 4) is 0 Å². The Morgan fingerprint density at radius 1 is 1.14 bits per heavy atom. The summed E-state index contributed by atoms with van der Waals surface area (Å²) in [5, 5.41) is 3.47. The standard InChI is InChI=1S/C19H29N3/c1-13-10-16-17(11-14(13)2)22(18(21-16)19(3,4)5)12-15-6-8-20-9-7-15/h10-11,15,20H,6-9,12H2,1-5H3. The van der Waals surface area contributed by atoms with Gasteiger partial charge in [-0.15, -0.1) is 0 Å². The van der Waals surface area contributed by atoms with Gasteiger partial charge in [0.15, 0.2) is 0 Å². The lowest BCUT2D eigenvalue weighted by atomic mass is 9.94. The summed E-state index contributed by atoms with van der Waals surface area (Å²) in [6.07, 6.45) is 2.54. The fraction of sp³-hybridized carbons (Fsp3) is 0.632. The van der Waals surface area contributed by atoms with Crippen molar-refractivity contribution in [2.75, 3.05) is 13.1 Å². The number of imidazole rings is 1. The molecule has 1 aliphatic heterocycles. The molecule has 0 amide bonds. The highest BCUT2D eigenvalue weighted by molar-refractivity contribution is 5.78. The van der Waals surface area contributed by atoms with Crippen molar-refractivity contribution >= 4 is 11.0 Å². The minimum atomic E-state index is 0.0771. The summed E-state index contributed by atoms with van der Waals surface area (Å²) >= 11 is 0. The number of fused-ring (bicyclic) bond motifs is 1. The van der Waals surface area contributed by atoms with Gasteiger partial charge in [0.25, 0.3) is 0 Å². The van der Waals surface area contributed by atoms with E-state index in [4.69, 9.17) is 4.98 Å². The maximum Gasteiger partial charge on any atom is 0.115 e. The van der Waals surface area contributed by atoms with Crippen LogP contribution in [0.3, 0.4) is 0 Å². The Bertz CT molecular complexity index is 670. The second-order valence-corrected chi connectivity index (χ2v) is 7.91. The third-order valence-electron chi connectivity index (χ3n) is 4.93. The molecule has 3 nitrogen and oxygen atoms in total. The van der Waals surface area contributed by atoms with Crippen LogP contribution in [-0.2, 0) is 12.0 Å². The third kappa shape index (κ3) is 2.91. The fourth-order valence-electron chi connectivity index (χ4n) is 3.46. The minimum absolute atomic E-state index is 0.0771. The summed E-state index contributed by atoms with van der Waals surface area (Å²) < 4.78 is 2.50. The predicted octanol–water partition coefficient (Wildman–Crippen LogP) is 3.95. The summed E-state index contributed by atoms with van der Waals surface area (Å²) in [6, 6.07) is 4.58.